The fraction of sp³-hybridized carbons (Fsp3) is 0.0800. The van der Waals surface area contributed by atoms with Crippen LogP contribution < -0.4 is 5.32 Å². The molecule has 1 heterocycles. The number of nitrogens with zero attached hydrogens (tertiary/aromatic N) is 1. The first-order valence-corrected chi connectivity index (χ1v) is 10.1. The Morgan fingerprint density at radius 3 is 2.47 bits per heavy atom. The molecule has 5 nitrogen and oxygen atoms in total. The van der Waals surface area contributed by atoms with Crippen LogP contribution in [-0.4, -0.2) is 24.0 Å². The Morgan fingerprint density at radius 2 is 1.78 bits per heavy atom. The summed E-state index contributed by atoms with van der Waals surface area (Å²) in [5, 5.41) is 3.61. The van der Waals surface area contributed by atoms with E-state index in [0.717, 1.165) is 11.6 Å². The van der Waals surface area contributed by atoms with E-state index in [1.54, 1.807) is 25.1 Å². The van der Waals surface area contributed by atoms with Crippen molar-refractivity contribution in [1.29, 1.82) is 0 Å². The van der Waals surface area contributed by atoms with Gasteiger partial charge in [-0.05, 0) is 48.9 Å². The number of halogens is 2. The van der Waals surface area contributed by atoms with Gasteiger partial charge in [0.1, 0.15) is 5.82 Å². The summed E-state index contributed by atoms with van der Waals surface area (Å²) in [5.74, 6) is -1.93. The van der Waals surface area contributed by atoms with Gasteiger partial charge in [-0.15, -0.1) is 0 Å². The molecule has 0 unspecified atom stereocenters. The molecule has 0 aliphatic rings. The zero-order chi connectivity index (χ0) is 22.8. The second-order valence-electron chi connectivity index (χ2n) is 7.13. The normalized spacial score (nSPS) is 10.8. The number of amides is 1. The van der Waals surface area contributed by atoms with E-state index in [2.05, 4.69) is 10.1 Å². The molecule has 0 aliphatic heterocycles. The van der Waals surface area contributed by atoms with E-state index in [1.165, 1.54) is 19.2 Å². The lowest BCUT2D eigenvalue weighted by Crippen LogP contribution is -2.16. The molecular weight excluding hydrogens is 431 g/mol. The van der Waals surface area contributed by atoms with Gasteiger partial charge in [-0.25, -0.2) is 14.2 Å². The van der Waals surface area contributed by atoms with Gasteiger partial charge in [0.2, 0.25) is 0 Å². The lowest BCUT2D eigenvalue weighted by molar-refractivity contribution is 0.0600. The molecule has 3 aromatic carbocycles. The van der Waals surface area contributed by atoms with Crippen LogP contribution in [0.4, 0.5) is 10.1 Å². The van der Waals surface area contributed by atoms with Gasteiger partial charge in [0, 0.05) is 16.0 Å². The van der Waals surface area contributed by atoms with Gasteiger partial charge in [-0.3, -0.25) is 4.79 Å². The van der Waals surface area contributed by atoms with Crippen molar-refractivity contribution in [3.63, 3.8) is 0 Å². The van der Waals surface area contributed by atoms with E-state index < -0.39 is 17.7 Å². The average Bonchev–Trinajstić information content (AvgIpc) is 2.80. The molecule has 0 atom stereocenters. The molecule has 1 aromatic heterocycles. The minimum atomic E-state index is -0.751. The summed E-state index contributed by atoms with van der Waals surface area (Å²) in [6.07, 6.45) is 0. The van der Waals surface area contributed by atoms with Crippen LogP contribution in [0.5, 0.6) is 0 Å². The third kappa shape index (κ3) is 4.05. The number of pyridine rings is 1. The van der Waals surface area contributed by atoms with Gasteiger partial charge in [0.05, 0.1) is 35.1 Å². The van der Waals surface area contributed by atoms with Crippen molar-refractivity contribution in [2.75, 3.05) is 12.4 Å². The number of hydrogen-bond acceptors (Lipinski definition) is 4. The van der Waals surface area contributed by atoms with Crippen LogP contribution in [-0.2, 0) is 4.74 Å². The van der Waals surface area contributed by atoms with Crippen LogP contribution in [0.1, 0.15) is 26.3 Å². The number of carbonyl (C=O) groups excluding carboxylic acids is 2. The number of methoxy groups -OCH3 is 1. The standard InChI is InChI=1S/C25H18ClFN2O3/c1-14-22(24(30)29-21-10-8-16(12-19(21)27)25(31)32-2)18-13-17(26)9-11-20(18)28-23(14)15-6-4-3-5-7-15/h3-13H,1-2H3,(H,29,30). The van der Waals surface area contributed by atoms with Gasteiger partial charge in [0.25, 0.3) is 5.91 Å². The van der Waals surface area contributed by atoms with Crippen LogP contribution in [0.2, 0.25) is 5.02 Å². The van der Waals surface area contributed by atoms with Crippen molar-refractivity contribution in [2.45, 2.75) is 6.92 Å². The predicted octanol–water partition coefficient (Wildman–Crippen LogP) is 6.04. The lowest BCUT2D eigenvalue weighted by Gasteiger charge is -2.15. The summed E-state index contributed by atoms with van der Waals surface area (Å²) in [6, 6.07) is 18.3. The molecule has 1 amide bonds. The highest BCUT2D eigenvalue weighted by molar-refractivity contribution is 6.31. The number of ether oxygens (including phenoxy) is 1. The zero-order valence-corrected chi connectivity index (χ0v) is 18.0. The summed E-state index contributed by atoms with van der Waals surface area (Å²) in [6.45, 7) is 1.79. The minimum absolute atomic E-state index is 0.0479. The molecule has 0 saturated heterocycles. The molecule has 0 bridgehead atoms. The number of hydrogen-bond donors (Lipinski definition) is 1. The maximum atomic E-state index is 14.6. The first kappa shape index (κ1) is 21.5. The Kier molecular flexibility index (Phi) is 5.88. The quantitative estimate of drug-likeness (QED) is 0.386. The smallest absolute Gasteiger partial charge is 0.337 e. The Morgan fingerprint density at radius 1 is 1.03 bits per heavy atom. The topological polar surface area (TPSA) is 68.3 Å². The molecule has 32 heavy (non-hydrogen) atoms. The highest BCUT2D eigenvalue weighted by Gasteiger charge is 2.21. The minimum Gasteiger partial charge on any atom is -0.465 e. The second-order valence-corrected chi connectivity index (χ2v) is 7.56. The van der Waals surface area contributed by atoms with Crippen molar-refractivity contribution >= 4 is 40.1 Å². The number of esters is 1. The number of anilines is 1. The van der Waals surface area contributed by atoms with E-state index in [1.807, 2.05) is 30.3 Å². The fourth-order valence-corrected chi connectivity index (χ4v) is 3.72. The Bertz CT molecular complexity index is 1360. The van der Waals surface area contributed by atoms with Crippen LogP contribution in [0.25, 0.3) is 22.2 Å². The monoisotopic (exact) mass is 448 g/mol. The lowest BCUT2D eigenvalue weighted by atomic mass is 9.97. The van der Waals surface area contributed by atoms with E-state index in [9.17, 15) is 14.0 Å². The number of benzene rings is 3. The molecule has 0 saturated carbocycles. The second kappa shape index (κ2) is 8.77. The zero-order valence-electron chi connectivity index (χ0n) is 17.3. The van der Waals surface area contributed by atoms with E-state index in [0.29, 0.717) is 32.7 Å². The number of fused-ring (bicyclic) bond motifs is 1. The Balaban J connectivity index is 1.82. The summed E-state index contributed by atoms with van der Waals surface area (Å²) in [7, 11) is 1.21. The highest BCUT2D eigenvalue weighted by Crippen LogP contribution is 2.32. The molecule has 0 aliphatic carbocycles. The van der Waals surface area contributed by atoms with Gasteiger partial charge < -0.3 is 10.1 Å². The molecular formula is C25H18ClFN2O3. The van der Waals surface area contributed by atoms with Crippen molar-refractivity contribution in [1.82, 2.24) is 4.98 Å². The maximum Gasteiger partial charge on any atom is 0.337 e. The SMILES string of the molecule is COC(=O)c1ccc(NC(=O)c2c(C)c(-c3ccccc3)nc3ccc(Cl)cc23)c(F)c1. The van der Waals surface area contributed by atoms with Crippen molar-refractivity contribution < 1.29 is 18.7 Å². The van der Waals surface area contributed by atoms with Crippen LogP contribution in [0.3, 0.4) is 0 Å². The summed E-state index contributed by atoms with van der Waals surface area (Å²) >= 11 is 6.19. The summed E-state index contributed by atoms with van der Waals surface area (Å²) in [4.78, 5) is 29.7. The number of carbonyl (C=O) groups is 2. The third-order valence-electron chi connectivity index (χ3n) is 5.10. The van der Waals surface area contributed by atoms with Crippen molar-refractivity contribution in [2.24, 2.45) is 0 Å². The molecule has 4 aromatic rings. The van der Waals surface area contributed by atoms with Gasteiger partial charge >= 0.3 is 5.97 Å². The van der Waals surface area contributed by atoms with E-state index in [-0.39, 0.29) is 11.3 Å². The van der Waals surface area contributed by atoms with Gasteiger partial charge in [0.15, 0.2) is 0 Å². The molecule has 0 spiro atoms. The summed E-state index contributed by atoms with van der Waals surface area (Å²) in [5.41, 5.74) is 3.05. The molecule has 4 rings (SSSR count). The number of rotatable bonds is 4. The molecule has 1 N–H and O–H groups in total. The third-order valence-corrected chi connectivity index (χ3v) is 5.34. The van der Waals surface area contributed by atoms with Gasteiger partial charge in [-0.2, -0.15) is 0 Å². The maximum absolute atomic E-state index is 14.6. The average molecular weight is 449 g/mol. The predicted molar refractivity (Wildman–Crippen MR) is 123 cm³/mol. The van der Waals surface area contributed by atoms with E-state index in [4.69, 9.17) is 16.6 Å². The summed E-state index contributed by atoms with van der Waals surface area (Å²) < 4.78 is 19.2. The van der Waals surface area contributed by atoms with Crippen LogP contribution >= 0.6 is 11.6 Å². The van der Waals surface area contributed by atoms with Crippen molar-refractivity contribution in [3.05, 3.63) is 94.3 Å². The highest BCUT2D eigenvalue weighted by atomic mass is 35.5. The van der Waals surface area contributed by atoms with Crippen molar-refractivity contribution in [3.8, 4) is 11.3 Å². The molecule has 0 fully saturated rings. The van der Waals surface area contributed by atoms with Gasteiger partial charge in [-0.1, -0.05) is 41.9 Å². The van der Waals surface area contributed by atoms with E-state index >= 15 is 0 Å². The Hall–Kier alpha value is -3.77. The Labute approximate surface area is 188 Å². The molecule has 7 heteroatoms. The molecule has 160 valence electrons. The largest absolute Gasteiger partial charge is 0.465 e. The number of aromatic nitrogens is 1. The van der Waals surface area contributed by atoms with Crippen LogP contribution in [0.15, 0.2) is 66.7 Å². The first-order chi connectivity index (χ1) is 15.4. The molecule has 0 radical (unpaired) electrons. The van der Waals surface area contributed by atoms with Crippen LogP contribution in [0, 0.1) is 12.7 Å². The fourth-order valence-electron chi connectivity index (χ4n) is 3.55. The first-order valence-electron chi connectivity index (χ1n) is 9.73. The number of nitrogens with one attached hydrogen (secondary N) is 1.